The van der Waals surface area contributed by atoms with Crippen molar-refractivity contribution in [3.8, 4) is 0 Å². The Bertz CT molecular complexity index is 2750. The summed E-state index contributed by atoms with van der Waals surface area (Å²) in [4.78, 5) is 4.83. The van der Waals surface area contributed by atoms with Gasteiger partial charge < -0.3 is 9.80 Å². The van der Waals surface area contributed by atoms with Gasteiger partial charge in [0.2, 0.25) is 0 Å². The first-order valence-electron chi connectivity index (χ1n) is 19.7. The summed E-state index contributed by atoms with van der Waals surface area (Å²) in [6, 6.07) is 84.3. The Morgan fingerprint density at radius 2 is 0.526 bits per heavy atom. The fourth-order valence-corrected chi connectivity index (χ4v) is 9.53. The van der Waals surface area contributed by atoms with E-state index in [1.54, 1.807) is 0 Å². The van der Waals surface area contributed by atoms with Crippen molar-refractivity contribution in [2.45, 2.75) is 5.41 Å². The molecule has 2 heteroatoms. The monoisotopic (exact) mass is 726 g/mol. The molecular formula is C55H38N2. The van der Waals surface area contributed by atoms with Gasteiger partial charge in [-0.15, -0.1) is 0 Å². The maximum atomic E-state index is 2.49. The number of hydrogen-bond acceptors (Lipinski definition) is 2. The second-order valence-electron chi connectivity index (χ2n) is 14.9. The van der Waals surface area contributed by atoms with Crippen LogP contribution in [0, 0.1) is 0 Å². The lowest BCUT2D eigenvalue weighted by molar-refractivity contribution is 0.771. The highest BCUT2D eigenvalue weighted by Crippen LogP contribution is 2.60. The summed E-state index contributed by atoms with van der Waals surface area (Å²) in [7, 11) is 0. The van der Waals surface area contributed by atoms with Crippen molar-refractivity contribution < 1.29 is 0 Å². The standard InChI is InChI=1S/C55H38N2/c1-7-21-39(22-8-1)55(40-23-9-2-10-24-40)51-37-45(56(41-25-11-3-12-26-41)42-27-13-4-14-28-42)35-49-47-33-19-20-34-48(47)50-36-46(38-52(55)54(50)53(49)51)57(43-29-15-5-16-30-43)44-31-17-6-18-32-44/h1-38H. The molecule has 0 unspecified atom stereocenters. The molecule has 0 N–H and O–H groups in total. The quantitative estimate of drug-likeness (QED) is 0.144. The number of nitrogens with zero attached hydrogens (tertiary/aromatic N) is 2. The predicted molar refractivity (Wildman–Crippen MR) is 240 cm³/mol. The Morgan fingerprint density at radius 3 is 0.842 bits per heavy atom. The SMILES string of the molecule is c1ccc(N(c2ccccc2)c2cc3c4c(c2)c2ccccc2c2cc(N(c5ccccc5)c5ccccc5)cc(c24)C3(c2ccccc2)c2ccccc2)cc1. The molecular weight excluding hydrogens is 689 g/mol. The fraction of sp³-hybridized carbons (Fsp3) is 0.0182. The minimum Gasteiger partial charge on any atom is -0.310 e. The molecule has 0 aromatic heterocycles. The van der Waals surface area contributed by atoms with Crippen LogP contribution in [0.3, 0.4) is 0 Å². The Balaban J connectivity index is 1.33. The minimum atomic E-state index is -0.636. The summed E-state index contributed by atoms with van der Waals surface area (Å²) in [5.41, 5.74) is 11.1. The van der Waals surface area contributed by atoms with E-state index < -0.39 is 5.41 Å². The zero-order chi connectivity index (χ0) is 37.8. The van der Waals surface area contributed by atoms with Crippen molar-refractivity contribution in [2.75, 3.05) is 9.80 Å². The summed E-state index contributed by atoms with van der Waals surface area (Å²) in [5.74, 6) is 0. The second kappa shape index (κ2) is 13.4. The van der Waals surface area contributed by atoms with E-state index in [1.165, 1.54) is 54.6 Å². The van der Waals surface area contributed by atoms with E-state index in [1.807, 2.05) is 0 Å². The zero-order valence-corrected chi connectivity index (χ0v) is 31.3. The van der Waals surface area contributed by atoms with Crippen LogP contribution in [0.2, 0.25) is 0 Å². The Morgan fingerprint density at radius 1 is 0.246 bits per heavy atom. The Kier molecular flexibility index (Phi) is 7.75. The van der Waals surface area contributed by atoms with Gasteiger partial charge in [-0.3, -0.25) is 0 Å². The zero-order valence-electron chi connectivity index (χ0n) is 31.3. The highest BCUT2D eigenvalue weighted by atomic mass is 15.1. The lowest BCUT2D eigenvalue weighted by Gasteiger charge is -2.36. The van der Waals surface area contributed by atoms with Crippen LogP contribution < -0.4 is 9.80 Å². The van der Waals surface area contributed by atoms with Crippen LogP contribution in [0.25, 0.3) is 32.3 Å². The summed E-state index contributed by atoms with van der Waals surface area (Å²) in [6.45, 7) is 0. The van der Waals surface area contributed by atoms with E-state index in [4.69, 9.17) is 0 Å². The maximum absolute atomic E-state index is 2.49. The molecule has 0 bridgehead atoms. The van der Waals surface area contributed by atoms with Gasteiger partial charge in [0.25, 0.3) is 0 Å². The van der Waals surface area contributed by atoms with E-state index in [9.17, 15) is 0 Å². The molecule has 0 spiro atoms. The third kappa shape index (κ3) is 5.11. The number of para-hydroxylation sites is 4. The number of hydrogen-bond donors (Lipinski definition) is 0. The Labute approximate surface area is 333 Å². The van der Waals surface area contributed by atoms with Crippen molar-refractivity contribution >= 4 is 66.4 Å². The molecule has 1 aliphatic carbocycles. The van der Waals surface area contributed by atoms with Crippen LogP contribution >= 0.6 is 0 Å². The molecule has 2 nitrogen and oxygen atoms in total. The van der Waals surface area contributed by atoms with Gasteiger partial charge in [-0.1, -0.05) is 158 Å². The smallest absolute Gasteiger partial charge is 0.0715 e. The van der Waals surface area contributed by atoms with Crippen LogP contribution in [0.1, 0.15) is 22.3 Å². The summed E-state index contributed by atoms with van der Waals surface area (Å²) in [5, 5.41) is 7.63. The summed E-state index contributed by atoms with van der Waals surface area (Å²) >= 11 is 0. The molecule has 1 aliphatic rings. The van der Waals surface area contributed by atoms with E-state index >= 15 is 0 Å². The molecule has 0 saturated carbocycles. The first-order valence-corrected chi connectivity index (χ1v) is 19.7. The molecule has 57 heavy (non-hydrogen) atoms. The lowest BCUT2D eigenvalue weighted by Crippen LogP contribution is -2.29. The Hall–Kier alpha value is -7.42. The molecule has 268 valence electrons. The minimum absolute atomic E-state index is 0.636. The van der Waals surface area contributed by atoms with Crippen molar-refractivity contribution in [1.82, 2.24) is 0 Å². The molecule has 0 amide bonds. The second-order valence-corrected chi connectivity index (χ2v) is 14.9. The predicted octanol–water partition coefficient (Wildman–Crippen LogP) is 14.8. The van der Waals surface area contributed by atoms with Crippen LogP contribution in [-0.4, -0.2) is 0 Å². The molecule has 11 rings (SSSR count). The third-order valence-electron chi connectivity index (χ3n) is 11.8. The molecule has 0 fully saturated rings. The third-order valence-corrected chi connectivity index (χ3v) is 11.8. The van der Waals surface area contributed by atoms with E-state index in [0.29, 0.717) is 0 Å². The first-order chi connectivity index (χ1) is 28.3. The number of benzene rings is 10. The van der Waals surface area contributed by atoms with E-state index in [0.717, 1.165) is 34.1 Å². The highest BCUT2D eigenvalue weighted by Gasteiger charge is 2.46. The number of rotatable bonds is 8. The van der Waals surface area contributed by atoms with Gasteiger partial charge in [-0.25, -0.2) is 0 Å². The van der Waals surface area contributed by atoms with Gasteiger partial charge in [0.05, 0.1) is 5.41 Å². The van der Waals surface area contributed by atoms with Gasteiger partial charge >= 0.3 is 0 Å². The molecule has 10 aromatic carbocycles. The average Bonchev–Trinajstić information content (AvgIpc) is 3.59. The highest BCUT2D eigenvalue weighted by molar-refractivity contribution is 6.30. The lowest BCUT2D eigenvalue weighted by atomic mass is 9.67. The van der Waals surface area contributed by atoms with E-state index in [2.05, 4.69) is 240 Å². The van der Waals surface area contributed by atoms with Gasteiger partial charge in [-0.05, 0) is 127 Å². The summed E-state index contributed by atoms with van der Waals surface area (Å²) < 4.78 is 0. The van der Waals surface area contributed by atoms with Gasteiger partial charge in [-0.2, -0.15) is 0 Å². The van der Waals surface area contributed by atoms with Gasteiger partial charge in [0.1, 0.15) is 0 Å². The molecule has 0 heterocycles. The largest absolute Gasteiger partial charge is 0.310 e. The number of anilines is 6. The van der Waals surface area contributed by atoms with Crippen molar-refractivity contribution in [3.05, 3.63) is 253 Å². The molecule has 0 atom stereocenters. The normalized spacial score (nSPS) is 12.7. The van der Waals surface area contributed by atoms with Crippen molar-refractivity contribution in [1.29, 1.82) is 0 Å². The number of fused-ring (bicyclic) bond motifs is 3. The van der Waals surface area contributed by atoms with Crippen molar-refractivity contribution in [2.24, 2.45) is 0 Å². The van der Waals surface area contributed by atoms with Crippen LogP contribution in [0.4, 0.5) is 34.1 Å². The molecule has 0 radical (unpaired) electrons. The molecule has 0 aliphatic heterocycles. The van der Waals surface area contributed by atoms with E-state index in [-0.39, 0.29) is 0 Å². The fourth-order valence-electron chi connectivity index (χ4n) is 9.53. The topological polar surface area (TPSA) is 6.48 Å². The molecule has 0 saturated heterocycles. The van der Waals surface area contributed by atoms with Crippen molar-refractivity contribution in [3.63, 3.8) is 0 Å². The van der Waals surface area contributed by atoms with Crippen LogP contribution in [0.5, 0.6) is 0 Å². The van der Waals surface area contributed by atoms with Gasteiger partial charge in [0.15, 0.2) is 0 Å². The first kappa shape index (κ1) is 33.0. The average molecular weight is 727 g/mol. The summed E-state index contributed by atoms with van der Waals surface area (Å²) in [6.07, 6.45) is 0. The maximum Gasteiger partial charge on any atom is 0.0715 e. The molecule has 10 aromatic rings. The van der Waals surface area contributed by atoms with Gasteiger partial charge in [0, 0.05) is 34.1 Å². The van der Waals surface area contributed by atoms with Crippen LogP contribution in [-0.2, 0) is 5.41 Å². The van der Waals surface area contributed by atoms with Crippen LogP contribution in [0.15, 0.2) is 231 Å².